The van der Waals surface area contributed by atoms with Crippen molar-refractivity contribution in [2.75, 3.05) is 12.4 Å². The maximum absolute atomic E-state index is 10.7. The summed E-state index contributed by atoms with van der Waals surface area (Å²) in [6.07, 6.45) is 5.32. The Bertz CT molecular complexity index is 439. The summed E-state index contributed by atoms with van der Waals surface area (Å²) in [5, 5.41) is 10.7. The predicted octanol–water partition coefficient (Wildman–Crippen LogP) is 4.18. The van der Waals surface area contributed by atoms with Gasteiger partial charge in [0.05, 0.1) is 11.7 Å². The normalized spacial score (nSPS) is 26.2. The molecule has 3 rings (SSSR count). The molecule has 1 aromatic rings. The first-order chi connectivity index (χ1) is 9.72. The lowest BCUT2D eigenvalue weighted by molar-refractivity contribution is -0.157. The third-order valence-corrected chi connectivity index (χ3v) is 5.67. The molecule has 0 bridgehead atoms. The molecule has 1 aromatic carbocycles. The Hall–Kier alpha value is -0.510. The number of aliphatic hydroxyl groups excluding tert-OH is 1. The summed E-state index contributed by atoms with van der Waals surface area (Å²) in [5.41, 5.74) is 1.17. The van der Waals surface area contributed by atoms with Crippen molar-refractivity contribution >= 4 is 11.8 Å². The van der Waals surface area contributed by atoms with Crippen LogP contribution in [-0.2, 0) is 4.74 Å². The summed E-state index contributed by atoms with van der Waals surface area (Å²) in [6, 6.07) is 8.44. The second-order valence-electron chi connectivity index (χ2n) is 6.08. The minimum Gasteiger partial charge on any atom is -0.388 e. The highest BCUT2D eigenvalue weighted by Gasteiger charge is 2.44. The molecule has 2 fully saturated rings. The van der Waals surface area contributed by atoms with Gasteiger partial charge >= 0.3 is 0 Å². The van der Waals surface area contributed by atoms with E-state index in [0.717, 1.165) is 30.8 Å². The Morgan fingerprint density at radius 2 is 2.10 bits per heavy atom. The van der Waals surface area contributed by atoms with Crippen LogP contribution in [-0.4, -0.2) is 23.1 Å². The van der Waals surface area contributed by atoms with Gasteiger partial charge in [0, 0.05) is 11.5 Å². The summed E-state index contributed by atoms with van der Waals surface area (Å²) in [7, 11) is 0. The van der Waals surface area contributed by atoms with Gasteiger partial charge < -0.3 is 9.84 Å². The highest BCUT2D eigenvalue weighted by molar-refractivity contribution is 7.99. The number of benzene rings is 1. The van der Waals surface area contributed by atoms with E-state index >= 15 is 0 Å². The third kappa shape index (κ3) is 2.90. The van der Waals surface area contributed by atoms with Crippen molar-refractivity contribution < 1.29 is 9.84 Å². The zero-order chi connectivity index (χ0) is 14.0. The topological polar surface area (TPSA) is 29.5 Å². The van der Waals surface area contributed by atoms with Crippen molar-refractivity contribution in [1.29, 1.82) is 0 Å². The fourth-order valence-corrected chi connectivity index (χ4v) is 4.12. The van der Waals surface area contributed by atoms with Gasteiger partial charge in [-0.3, -0.25) is 0 Å². The average molecular weight is 292 g/mol. The summed E-state index contributed by atoms with van der Waals surface area (Å²) in [4.78, 5) is 1.28. The Kier molecular flexibility index (Phi) is 4.39. The van der Waals surface area contributed by atoms with Gasteiger partial charge in [0.15, 0.2) is 0 Å². The van der Waals surface area contributed by atoms with Gasteiger partial charge in [-0.2, -0.15) is 0 Å². The Morgan fingerprint density at radius 1 is 1.35 bits per heavy atom. The van der Waals surface area contributed by atoms with Crippen molar-refractivity contribution in [3.8, 4) is 0 Å². The first kappa shape index (κ1) is 14.4. The molecule has 110 valence electrons. The van der Waals surface area contributed by atoms with Gasteiger partial charge in [0.1, 0.15) is 0 Å². The van der Waals surface area contributed by atoms with Gasteiger partial charge in [-0.15, -0.1) is 11.8 Å². The molecule has 2 aliphatic rings. The molecule has 0 aromatic heterocycles. The van der Waals surface area contributed by atoms with Crippen molar-refractivity contribution in [1.82, 2.24) is 0 Å². The highest BCUT2D eigenvalue weighted by Crippen LogP contribution is 2.47. The smallest absolute Gasteiger partial charge is 0.0820 e. The number of rotatable bonds is 4. The van der Waals surface area contributed by atoms with E-state index in [4.69, 9.17) is 4.74 Å². The quantitative estimate of drug-likeness (QED) is 0.844. The number of ether oxygens (including phenoxy) is 1. The van der Waals surface area contributed by atoms with E-state index < -0.39 is 0 Å². The molecule has 1 spiro atoms. The van der Waals surface area contributed by atoms with Crippen LogP contribution in [0.2, 0.25) is 0 Å². The zero-order valence-electron chi connectivity index (χ0n) is 12.2. The summed E-state index contributed by atoms with van der Waals surface area (Å²) in [5.74, 6) is 1.44. The molecule has 3 heteroatoms. The molecule has 2 nitrogen and oxygen atoms in total. The van der Waals surface area contributed by atoms with Gasteiger partial charge in [-0.05, 0) is 61.5 Å². The summed E-state index contributed by atoms with van der Waals surface area (Å²) in [6.45, 7) is 2.97. The Morgan fingerprint density at radius 3 is 2.70 bits per heavy atom. The summed E-state index contributed by atoms with van der Waals surface area (Å²) >= 11 is 1.84. The van der Waals surface area contributed by atoms with Gasteiger partial charge in [0.25, 0.3) is 0 Å². The second-order valence-corrected chi connectivity index (χ2v) is 7.42. The molecule has 1 saturated carbocycles. The van der Waals surface area contributed by atoms with E-state index in [0.29, 0.717) is 5.92 Å². The standard InChI is InChI=1S/C17H24O2S/c1-2-20-15-6-4-13(5-7-15)16(18)14-8-11-19-17(12-14)9-3-10-17/h4-7,14,16,18H,2-3,8-12H2,1H3. The maximum Gasteiger partial charge on any atom is 0.0820 e. The SMILES string of the molecule is CCSc1ccc(C(O)C2CCOC3(CCC3)C2)cc1. The molecule has 1 aliphatic carbocycles. The van der Waals surface area contributed by atoms with Crippen LogP contribution in [0, 0.1) is 5.92 Å². The van der Waals surface area contributed by atoms with Crippen molar-refractivity contribution in [3.63, 3.8) is 0 Å². The average Bonchev–Trinajstić information content (AvgIpc) is 2.46. The van der Waals surface area contributed by atoms with E-state index in [1.165, 1.54) is 24.2 Å². The molecule has 0 radical (unpaired) electrons. The molecule has 2 unspecified atom stereocenters. The highest BCUT2D eigenvalue weighted by atomic mass is 32.2. The largest absolute Gasteiger partial charge is 0.388 e. The van der Waals surface area contributed by atoms with Crippen molar-refractivity contribution in [2.45, 2.75) is 55.6 Å². The lowest BCUT2D eigenvalue weighted by Crippen LogP contribution is -2.46. The lowest BCUT2D eigenvalue weighted by atomic mass is 9.70. The van der Waals surface area contributed by atoms with E-state index in [2.05, 4.69) is 31.2 Å². The lowest BCUT2D eigenvalue weighted by Gasteiger charge is -2.48. The van der Waals surface area contributed by atoms with Crippen LogP contribution in [0.15, 0.2) is 29.2 Å². The first-order valence-electron chi connectivity index (χ1n) is 7.77. The predicted molar refractivity (Wildman–Crippen MR) is 83.1 cm³/mol. The maximum atomic E-state index is 10.7. The minimum absolute atomic E-state index is 0.113. The number of thioether (sulfide) groups is 1. The van der Waals surface area contributed by atoms with Crippen LogP contribution in [0.5, 0.6) is 0 Å². The molecule has 1 heterocycles. The molecule has 1 N–H and O–H groups in total. The van der Waals surface area contributed by atoms with Crippen LogP contribution in [0.4, 0.5) is 0 Å². The van der Waals surface area contributed by atoms with E-state index in [1.807, 2.05) is 11.8 Å². The minimum atomic E-state index is -0.336. The zero-order valence-corrected chi connectivity index (χ0v) is 13.0. The molecule has 1 aliphatic heterocycles. The monoisotopic (exact) mass is 292 g/mol. The Balaban J connectivity index is 1.66. The van der Waals surface area contributed by atoms with E-state index in [-0.39, 0.29) is 11.7 Å². The van der Waals surface area contributed by atoms with E-state index in [1.54, 1.807) is 0 Å². The van der Waals surface area contributed by atoms with Gasteiger partial charge in [0.2, 0.25) is 0 Å². The van der Waals surface area contributed by atoms with Crippen LogP contribution in [0.1, 0.15) is 50.7 Å². The number of aliphatic hydroxyl groups is 1. The molecule has 0 amide bonds. The molecule has 1 saturated heterocycles. The number of hydrogen-bond donors (Lipinski definition) is 1. The van der Waals surface area contributed by atoms with Crippen LogP contribution in [0.3, 0.4) is 0 Å². The fourth-order valence-electron chi connectivity index (χ4n) is 3.45. The second kappa shape index (κ2) is 6.08. The van der Waals surface area contributed by atoms with Crippen LogP contribution in [0.25, 0.3) is 0 Å². The first-order valence-corrected chi connectivity index (χ1v) is 8.76. The van der Waals surface area contributed by atoms with Crippen LogP contribution < -0.4 is 0 Å². The van der Waals surface area contributed by atoms with Gasteiger partial charge in [-0.1, -0.05) is 19.1 Å². The third-order valence-electron chi connectivity index (χ3n) is 4.78. The number of hydrogen-bond acceptors (Lipinski definition) is 3. The Labute approximate surface area is 125 Å². The van der Waals surface area contributed by atoms with Gasteiger partial charge in [-0.25, -0.2) is 0 Å². The van der Waals surface area contributed by atoms with E-state index in [9.17, 15) is 5.11 Å². The molecular weight excluding hydrogens is 268 g/mol. The molecule has 2 atom stereocenters. The van der Waals surface area contributed by atoms with Crippen molar-refractivity contribution in [2.24, 2.45) is 5.92 Å². The molecule has 20 heavy (non-hydrogen) atoms. The summed E-state index contributed by atoms with van der Waals surface area (Å²) < 4.78 is 5.95. The van der Waals surface area contributed by atoms with Crippen LogP contribution >= 0.6 is 11.8 Å². The fraction of sp³-hybridized carbons (Fsp3) is 0.647. The van der Waals surface area contributed by atoms with Crippen molar-refractivity contribution in [3.05, 3.63) is 29.8 Å². The molecular formula is C17H24O2S.